The van der Waals surface area contributed by atoms with Crippen molar-refractivity contribution in [3.63, 3.8) is 0 Å². The molecule has 0 bridgehead atoms. The molecule has 0 unspecified atom stereocenters. The van der Waals surface area contributed by atoms with Crippen LogP contribution in [0, 0.1) is 13.8 Å². The van der Waals surface area contributed by atoms with Crippen molar-refractivity contribution in [3.05, 3.63) is 59.3 Å². The van der Waals surface area contributed by atoms with Gasteiger partial charge in [0.1, 0.15) is 11.3 Å². The Morgan fingerprint density at radius 2 is 1.90 bits per heavy atom. The molecule has 2 aromatic carbocycles. The molecule has 4 rings (SSSR count). The number of H-pyrrole nitrogens is 1. The molecular weight excluding hydrogens is 358 g/mol. The van der Waals surface area contributed by atoms with Gasteiger partial charge in [-0.1, -0.05) is 18.2 Å². The van der Waals surface area contributed by atoms with Crippen molar-refractivity contribution >= 4 is 21.8 Å². The lowest BCUT2D eigenvalue weighted by atomic mass is 9.96. The number of aromatic nitrogens is 2. The van der Waals surface area contributed by atoms with E-state index in [2.05, 4.69) is 48.1 Å². The molecule has 4 heteroatoms. The zero-order valence-corrected chi connectivity index (χ0v) is 17.5. The average Bonchev–Trinajstić information content (AvgIpc) is 3.10. The third kappa shape index (κ3) is 3.49. The molecule has 4 aromatic rings. The number of aryl methyl sites for hydroxylation is 3. The Kier molecular flexibility index (Phi) is 5.54. The summed E-state index contributed by atoms with van der Waals surface area (Å²) in [6.07, 6.45) is 4.94. The van der Waals surface area contributed by atoms with Gasteiger partial charge in [-0.2, -0.15) is 0 Å². The largest absolute Gasteiger partial charge is 0.492 e. The summed E-state index contributed by atoms with van der Waals surface area (Å²) in [4.78, 5) is 8.38. The first-order valence-corrected chi connectivity index (χ1v) is 10.5. The van der Waals surface area contributed by atoms with Gasteiger partial charge in [-0.25, -0.2) is 0 Å². The zero-order valence-electron chi connectivity index (χ0n) is 17.5. The van der Waals surface area contributed by atoms with Gasteiger partial charge in [0.15, 0.2) is 0 Å². The van der Waals surface area contributed by atoms with Gasteiger partial charge in [0, 0.05) is 28.0 Å². The molecule has 150 valence electrons. The van der Waals surface area contributed by atoms with Crippen molar-refractivity contribution in [1.29, 1.82) is 0 Å². The van der Waals surface area contributed by atoms with Crippen LogP contribution in [-0.2, 0) is 6.42 Å². The number of hydrogen-bond donors (Lipinski definition) is 2. The van der Waals surface area contributed by atoms with Crippen LogP contribution >= 0.6 is 0 Å². The summed E-state index contributed by atoms with van der Waals surface area (Å²) in [5, 5.41) is 2.42. The Hall–Kier alpha value is -2.85. The number of nitrogens with one attached hydrogen (secondary N) is 1. The summed E-state index contributed by atoms with van der Waals surface area (Å²) in [5.74, 6) is 0.833. The summed E-state index contributed by atoms with van der Waals surface area (Å²) < 4.78 is 5.83. The number of nitrogens with zero attached hydrogens (tertiary/aromatic N) is 1. The molecular formula is C25H29N3O. The highest BCUT2D eigenvalue weighted by molar-refractivity contribution is 6.02. The molecule has 4 nitrogen and oxygen atoms in total. The third-order valence-corrected chi connectivity index (χ3v) is 5.80. The van der Waals surface area contributed by atoms with Gasteiger partial charge in [-0.05, 0) is 81.5 Å². The van der Waals surface area contributed by atoms with Gasteiger partial charge in [-0.3, -0.25) is 4.98 Å². The van der Waals surface area contributed by atoms with Gasteiger partial charge < -0.3 is 15.5 Å². The zero-order chi connectivity index (χ0) is 20.4. The van der Waals surface area contributed by atoms with Crippen LogP contribution in [0.4, 0.5) is 0 Å². The van der Waals surface area contributed by atoms with Crippen molar-refractivity contribution in [3.8, 4) is 17.0 Å². The quantitative estimate of drug-likeness (QED) is 0.401. The van der Waals surface area contributed by atoms with E-state index < -0.39 is 0 Å². The molecule has 2 heterocycles. The highest BCUT2D eigenvalue weighted by Crippen LogP contribution is 2.39. The second-order valence-corrected chi connectivity index (χ2v) is 7.60. The van der Waals surface area contributed by atoms with Crippen molar-refractivity contribution < 1.29 is 4.74 Å². The fourth-order valence-electron chi connectivity index (χ4n) is 4.14. The summed E-state index contributed by atoms with van der Waals surface area (Å²) in [5.41, 5.74) is 14.2. The number of unbranched alkanes of at least 4 members (excludes halogenated alkanes) is 1. The van der Waals surface area contributed by atoms with E-state index in [4.69, 9.17) is 10.5 Å². The fourth-order valence-corrected chi connectivity index (χ4v) is 4.14. The lowest BCUT2D eigenvalue weighted by Crippen LogP contribution is -1.99. The number of hydrogen-bond acceptors (Lipinski definition) is 3. The molecule has 0 aliphatic heterocycles. The number of pyridine rings is 1. The van der Waals surface area contributed by atoms with Gasteiger partial charge in [0.25, 0.3) is 0 Å². The minimum Gasteiger partial charge on any atom is -0.492 e. The summed E-state index contributed by atoms with van der Waals surface area (Å²) in [6, 6.07) is 12.8. The lowest BCUT2D eigenvalue weighted by Gasteiger charge is -2.12. The molecule has 0 amide bonds. The van der Waals surface area contributed by atoms with Crippen LogP contribution in [-0.4, -0.2) is 23.1 Å². The number of rotatable bonds is 7. The second kappa shape index (κ2) is 8.26. The predicted octanol–water partition coefficient (Wildman–Crippen LogP) is 5.68. The Bertz CT molecular complexity index is 1160. The molecule has 29 heavy (non-hydrogen) atoms. The molecule has 0 aliphatic rings. The first-order valence-electron chi connectivity index (χ1n) is 10.5. The monoisotopic (exact) mass is 387 g/mol. The highest BCUT2D eigenvalue weighted by Gasteiger charge is 2.18. The Morgan fingerprint density at radius 3 is 2.69 bits per heavy atom. The maximum absolute atomic E-state index is 5.83. The number of aromatic amines is 1. The molecule has 2 aromatic heterocycles. The maximum atomic E-state index is 5.83. The number of benzene rings is 2. The smallest absolute Gasteiger partial charge is 0.145 e. The number of fused-ring (bicyclic) bond motifs is 2. The SMILES string of the molecule is CCOc1ccc(-c2[nH]c3c(C)c(C)ccc3c2CCCCN)c2cccnc12. The second-order valence-electron chi connectivity index (χ2n) is 7.60. The molecule has 0 fully saturated rings. The Labute approximate surface area is 172 Å². The van der Waals surface area contributed by atoms with E-state index in [1.54, 1.807) is 0 Å². The van der Waals surface area contributed by atoms with Crippen molar-refractivity contribution in [2.45, 2.75) is 40.0 Å². The Balaban J connectivity index is 1.97. The van der Waals surface area contributed by atoms with Crippen LogP contribution in [0.25, 0.3) is 33.1 Å². The first kappa shape index (κ1) is 19.5. The van der Waals surface area contributed by atoms with Crippen LogP contribution < -0.4 is 10.5 Å². The van der Waals surface area contributed by atoms with Gasteiger partial charge >= 0.3 is 0 Å². The fraction of sp³-hybridized carbons (Fsp3) is 0.320. The average molecular weight is 388 g/mol. The van der Waals surface area contributed by atoms with Gasteiger partial charge in [0.2, 0.25) is 0 Å². The summed E-state index contributed by atoms with van der Waals surface area (Å²) in [6.45, 7) is 7.71. The van der Waals surface area contributed by atoms with Gasteiger partial charge in [0.05, 0.1) is 12.3 Å². The number of ether oxygens (including phenoxy) is 1. The third-order valence-electron chi connectivity index (χ3n) is 5.80. The van der Waals surface area contributed by atoms with Crippen molar-refractivity contribution in [2.75, 3.05) is 13.2 Å². The van der Waals surface area contributed by atoms with E-state index in [-0.39, 0.29) is 0 Å². The molecule has 0 atom stereocenters. The van der Waals surface area contributed by atoms with E-state index >= 15 is 0 Å². The normalized spacial score (nSPS) is 11.4. The lowest BCUT2D eigenvalue weighted by molar-refractivity contribution is 0.343. The van der Waals surface area contributed by atoms with E-state index in [0.717, 1.165) is 42.5 Å². The highest BCUT2D eigenvalue weighted by atomic mass is 16.5. The van der Waals surface area contributed by atoms with Gasteiger partial charge in [-0.15, -0.1) is 0 Å². The summed E-state index contributed by atoms with van der Waals surface area (Å²) >= 11 is 0. The van der Waals surface area contributed by atoms with E-state index in [1.807, 2.05) is 25.3 Å². The Morgan fingerprint density at radius 1 is 1.03 bits per heavy atom. The first-order chi connectivity index (χ1) is 14.2. The minimum atomic E-state index is 0.625. The van der Waals surface area contributed by atoms with E-state index in [1.165, 1.54) is 38.9 Å². The maximum Gasteiger partial charge on any atom is 0.145 e. The molecule has 3 N–H and O–H groups in total. The van der Waals surface area contributed by atoms with E-state index in [0.29, 0.717) is 6.61 Å². The predicted molar refractivity (Wildman–Crippen MR) is 122 cm³/mol. The molecule has 0 spiro atoms. The van der Waals surface area contributed by atoms with Crippen LogP contribution in [0.2, 0.25) is 0 Å². The standard InChI is InChI=1S/C25H29N3O/c1-4-29-22-13-12-21(19-9-7-15-27-25(19)22)24-18(8-5-6-14-26)20-11-10-16(2)17(3)23(20)28-24/h7,9-13,15,28H,4-6,8,14,26H2,1-3H3. The molecule has 0 saturated carbocycles. The van der Waals surface area contributed by atoms with Crippen LogP contribution in [0.3, 0.4) is 0 Å². The van der Waals surface area contributed by atoms with Crippen LogP contribution in [0.15, 0.2) is 42.6 Å². The van der Waals surface area contributed by atoms with Crippen LogP contribution in [0.5, 0.6) is 5.75 Å². The van der Waals surface area contributed by atoms with Crippen molar-refractivity contribution in [2.24, 2.45) is 5.73 Å². The van der Waals surface area contributed by atoms with E-state index in [9.17, 15) is 0 Å². The molecule has 0 aliphatic carbocycles. The van der Waals surface area contributed by atoms with Crippen molar-refractivity contribution in [1.82, 2.24) is 9.97 Å². The molecule has 0 radical (unpaired) electrons. The number of nitrogens with two attached hydrogens (primary N) is 1. The van der Waals surface area contributed by atoms with Crippen LogP contribution in [0.1, 0.15) is 36.5 Å². The minimum absolute atomic E-state index is 0.625. The summed E-state index contributed by atoms with van der Waals surface area (Å²) in [7, 11) is 0. The topological polar surface area (TPSA) is 63.9 Å². The molecule has 0 saturated heterocycles.